The molecule has 1 aliphatic heterocycles. The molecule has 0 aromatic rings. The van der Waals surface area contributed by atoms with Gasteiger partial charge in [-0.1, -0.05) is 26.7 Å². The van der Waals surface area contributed by atoms with E-state index in [1.165, 1.54) is 0 Å². The van der Waals surface area contributed by atoms with Gasteiger partial charge in [0.25, 0.3) is 5.91 Å². The van der Waals surface area contributed by atoms with Crippen LogP contribution in [0.4, 0.5) is 4.79 Å². The number of hydrogen-bond donors (Lipinski definition) is 1. The SMILES string of the molecule is CCCC1(CCC)NC(=O)N(CCS(C)(=O)=O)C1=O. The molecule has 6 nitrogen and oxygen atoms in total. The second-order valence-corrected chi connectivity index (χ2v) is 7.36. The topological polar surface area (TPSA) is 83.6 Å². The third-order valence-corrected chi connectivity index (χ3v) is 4.21. The van der Waals surface area contributed by atoms with E-state index in [1.54, 1.807) is 0 Å². The van der Waals surface area contributed by atoms with Crippen molar-refractivity contribution in [1.82, 2.24) is 10.2 Å². The molecule has 0 unspecified atom stereocenters. The summed E-state index contributed by atoms with van der Waals surface area (Å²) >= 11 is 0. The van der Waals surface area contributed by atoms with Gasteiger partial charge < -0.3 is 5.32 Å². The predicted octanol–water partition coefficient (Wildman–Crippen LogP) is 0.922. The van der Waals surface area contributed by atoms with Gasteiger partial charge >= 0.3 is 6.03 Å². The Morgan fingerprint density at radius 3 is 2.11 bits per heavy atom. The summed E-state index contributed by atoms with van der Waals surface area (Å²) in [5.41, 5.74) is -0.835. The van der Waals surface area contributed by atoms with Crippen molar-refractivity contribution in [1.29, 1.82) is 0 Å². The second kappa shape index (κ2) is 5.90. The van der Waals surface area contributed by atoms with Gasteiger partial charge in [0.1, 0.15) is 15.4 Å². The molecule has 1 rings (SSSR count). The Hall–Kier alpha value is -1.11. The molecule has 19 heavy (non-hydrogen) atoms. The maximum atomic E-state index is 12.4. The number of imide groups is 1. The van der Waals surface area contributed by atoms with Gasteiger partial charge in [-0.2, -0.15) is 0 Å². The van der Waals surface area contributed by atoms with Crippen LogP contribution in [0.2, 0.25) is 0 Å². The first-order valence-electron chi connectivity index (χ1n) is 6.57. The minimum absolute atomic E-state index is 0.0708. The highest BCUT2D eigenvalue weighted by Crippen LogP contribution is 2.27. The molecule has 7 heteroatoms. The van der Waals surface area contributed by atoms with Crippen LogP contribution < -0.4 is 5.32 Å². The molecule has 1 N–H and O–H groups in total. The number of carbonyl (C=O) groups excluding carboxylic acids is 2. The molecule has 1 saturated heterocycles. The maximum absolute atomic E-state index is 12.4. The molecule has 0 saturated carbocycles. The highest BCUT2D eigenvalue weighted by atomic mass is 32.2. The fourth-order valence-corrected chi connectivity index (χ4v) is 2.97. The monoisotopic (exact) mass is 290 g/mol. The van der Waals surface area contributed by atoms with Gasteiger partial charge in [-0.3, -0.25) is 9.69 Å². The zero-order chi connectivity index (χ0) is 14.7. The lowest BCUT2D eigenvalue weighted by Gasteiger charge is -2.25. The van der Waals surface area contributed by atoms with Crippen molar-refractivity contribution >= 4 is 21.8 Å². The van der Waals surface area contributed by atoms with Crippen molar-refractivity contribution in [2.75, 3.05) is 18.6 Å². The molecule has 0 spiro atoms. The molecular formula is C12H22N2O4S. The molecule has 0 aromatic heterocycles. The van der Waals surface area contributed by atoms with E-state index in [4.69, 9.17) is 0 Å². The summed E-state index contributed by atoms with van der Waals surface area (Å²) in [7, 11) is -3.19. The first kappa shape index (κ1) is 15.9. The minimum atomic E-state index is -3.19. The summed E-state index contributed by atoms with van der Waals surface area (Å²) in [6.45, 7) is 3.84. The lowest BCUT2D eigenvalue weighted by molar-refractivity contribution is -0.131. The van der Waals surface area contributed by atoms with Crippen LogP contribution in [0, 0.1) is 0 Å². The molecule has 1 aliphatic rings. The van der Waals surface area contributed by atoms with Crippen LogP contribution >= 0.6 is 0 Å². The van der Waals surface area contributed by atoms with E-state index >= 15 is 0 Å². The van der Waals surface area contributed by atoms with Gasteiger partial charge in [0.2, 0.25) is 0 Å². The zero-order valence-electron chi connectivity index (χ0n) is 11.7. The van der Waals surface area contributed by atoms with Crippen molar-refractivity contribution < 1.29 is 18.0 Å². The van der Waals surface area contributed by atoms with E-state index in [1.807, 2.05) is 13.8 Å². The number of amides is 3. The standard InChI is InChI=1S/C12H22N2O4S/c1-4-6-12(7-5-2)10(15)14(11(16)13-12)8-9-19(3,17)18/h4-9H2,1-3H3,(H,13,16). The normalized spacial score (nSPS) is 18.8. The third kappa shape index (κ3) is 3.68. The molecule has 110 valence electrons. The number of carbonyl (C=O) groups is 2. The highest BCUT2D eigenvalue weighted by molar-refractivity contribution is 7.90. The fourth-order valence-electron chi connectivity index (χ4n) is 2.45. The number of nitrogens with one attached hydrogen (secondary N) is 1. The van der Waals surface area contributed by atoms with Crippen molar-refractivity contribution in [3.63, 3.8) is 0 Å². The minimum Gasteiger partial charge on any atom is -0.323 e. The molecule has 0 radical (unpaired) electrons. The summed E-state index contributed by atoms with van der Waals surface area (Å²) in [6.07, 6.45) is 3.83. The van der Waals surface area contributed by atoms with Crippen molar-refractivity contribution in [2.45, 2.75) is 45.1 Å². The fraction of sp³-hybridized carbons (Fsp3) is 0.833. The summed E-state index contributed by atoms with van der Waals surface area (Å²) in [4.78, 5) is 25.3. The summed E-state index contributed by atoms with van der Waals surface area (Å²) < 4.78 is 22.3. The lowest BCUT2D eigenvalue weighted by atomic mass is 9.89. The zero-order valence-corrected chi connectivity index (χ0v) is 12.5. The largest absolute Gasteiger partial charge is 0.325 e. The van der Waals surface area contributed by atoms with Crippen molar-refractivity contribution in [3.8, 4) is 0 Å². The Bertz CT molecular complexity index is 452. The van der Waals surface area contributed by atoms with Gasteiger partial charge in [-0.25, -0.2) is 13.2 Å². The summed E-state index contributed by atoms with van der Waals surface area (Å²) in [6, 6.07) is -0.476. The smallest absolute Gasteiger partial charge is 0.323 e. The third-order valence-electron chi connectivity index (χ3n) is 3.29. The molecule has 1 heterocycles. The number of sulfone groups is 1. The molecule has 1 fully saturated rings. The van der Waals surface area contributed by atoms with Gasteiger partial charge in [-0.15, -0.1) is 0 Å². The van der Waals surface area contributed by atoms with E-state index in [9.17, 15) is 18.0 Å². The lowest BCUT2D eigenvalue weighted by Crippen LogP contribution is -2.47. The predicted molar refractivity (Wildman–Crippen MR) is 72.5 cm³/mol. The van der Waals surface area contributed by atoms with Gasteiger partial charge in [-0.05, 0) is 12.8 Å². The summed E-state index contributed by atoms with van der Waals surface area (Å²) in [5.74, 6) is -0.481. The summed E-state index contributed by atoms with van der Waals surface area (Å²) in [5, 5.41) is 2.75. The number of nitrogens with zero attached hydrogens (tertiary/aromatic N) is 1. The Balaban J connectivity index is 2.87. The van der Waals surface area contributed by atoms with Crippen LogP contribution in [0.1, 0.15) is 39.5 Å². The molecule has 0 aromatic carbocycles. The molecule has 0 bridgehead atoms. The number of urea groups is 1. The van der Waals surface area contributed by atoms with Crippen molar-refractivity contribution in [3.05, 3.63) is 0 Å². The van der Waals surface area contributed by atoms with Gasteiger partial charge in [0.05, 0.1) is 5.75 Å². The van der Waals surface area contributed by atoms with Crippen LogP contribution in [0.15, 0.2) is 0 Å². The van der Waals surface area contributed by atoms with Crippen LogP contribution in [-0.4, -0.2) is 49.3 Å². The molecule has 0 aliphatic carbocycles. The van der Waals surface area contributed by atoms with Crippen LogP contribution in [0.3, 0.4) is 0 Å². The number of hydrogen-bond acceptors (Lipinski definition) is 4. The molecule has 0 atom stereocenters. The Morgan fingerprint density at radius 1 is 1.16 bits per heavy atom. The van der Waals surface area contributed by atoms with Crippen LogP contribution in [0.25, 0.3) is 0 Å². The Labute approximate surface area is 114 Å². The van der Waals surface area contributed by atoms with E-state index in [2.05, 4.69) is 5.32 Å². The van der Waals surface area contributed by atoms with Crippen molar-refractivity contribution in [2.24, 2.45) is 0 Å². The Kier molecular flexibility index (Phi) is 4.95. The maximum Gasteiger partial charge on any atom is 0.325 e. The van der Waals surface area contributed by atoms with Crippen LogP contribution in [0.5, 0.6) is 0 Å². The van der Waals surface area contributed by atoms with Gasteiger partial charge in [0.15, 0.2) is 0 Å². The average molecular weight is 290 g/mol. The van der Waals surface area contributed by atoms with Gasteiger partial charge in [0, 0.05) is 12.8 Å². The number of rotatable bonds is 7. The molecule has 3 amide bonds. The Morgan fingerprint density at radius 2 is 1.68 bits per heavy atom. The first-order chi connectivity index (χ1) is 8.75. The van der Waals surface area contributed by atoms with E-state index in [-0.39, 0.29) is 18.2 Å². The average Bonchev–Trinajstić information content (AvgIpc) is 2.49. The first-order valence-corrected chi connectivity index (χ1v) is 8.63. The molecular weight excluding hydrogens is 268 g/mol. The van der Waals surface area contributed by atoms with E-state index in [0.717, 1.165) is 24.0 Å². The second-order valence-electron chi connectivity index (χ2n) is 5.10. The highest BCUT2D eigenvalue weighted by Gasteiger charge is 2.49. The van der Waals surface area contributed by atoms with Crippen LogP contribution in [-0.2, 0) is 14.6 Å². The van der Waals surface area contributed by atoms with E-state index < -0.39 is 21.4 Å². The quantitative estimate of drug-likeness (QED) is 0.707. The van der Waals surface area contributed by atoms with E-state index in [0.29, 0.717) is 12.8 Å².